The number of carbonyl (C=O) groups is 1. The van der Waals surface area contributed by atoms with E-state index in [0.29, 0.717) is 24.0 Å². The number of hydrogen-bond donors (Lipinski definition) is 2. The van der Waals surface area contributed by atoms with E-state index < -0.39 is 24.0 Å². The minimum absolute atomic E-state index is 0.0633. The van der Waals surface area contributed by atoms with Crippen molar-refractivity contribution >= 4 is 34.0 Å². The number of hydrogen-bond acceptors (Lipinski definition) is 6. The molecule has 0 unspecified atom stereocenters. The van der Waals surface area contributed by atoms with E-state index >= 15 is 0 Å². The van der Waals surface area contributed by atoms with Gasteiger partial charge in [0.15, 0.2) is 0 Å². The van der Waals surface area contributed by atoms with Gasteiger partial charge in [0.05, 0.1) is 35.4 Å². The summed E-state index contributed by atoms with van der Waals surface area (Å²) in [6.07, 6.45) is 0.750. The van der Waals surface area contributed by atoms with E-state index in [0.717, 1.165) is 0 Å². The molecule has 4 rings (SSSR count). The Morgan fingerprint density at radius 3 is 2.70 bits per heavy atom. The van der Waals surface area contributed by atoms with Gasteiger partial charge in [-0.25, -0.2) is 9.37 Å². The quantitative estimate of drug-likeness (QED) is 0.444. The first-order valence-corrected chi connectivity index (χ1v) is 11.7. The van der Waals surface area contributed by atoms with Crippen molar-refractivity contribution in [3.63, 3.8) is 0 Å². The van der Waals surface area contributed by atoms with Crippen LogP contribution in [0.15, 0.2) is 49.3 Å². The highest BCUT2D eigenvalue weighted by Crippen LogP contribution is 2.37. The van der Waals surface area contributed by atoms with E-state index in [9.17, 15) is 22.4 Å². The van der Waals surface area contributed by atoms with Crippen LogP contribution >= 0.6 is 0 Å². The molecule has 1 aliphatic heterocycles. The maximum atomic E-state index is 14.7. The number of nitrogens with zero attached hydrogens (tertiary/aromatic N) is 5. The Kier molecular flexibility index (Phi) is 7.86. The summed E-state index contributed by atoms with van der Waals surface area (Å²) in [6.45, 7) is 4.27. The van der Waals surface area contributed by atoms with E-state index in [1.807, 2.05) is 11.9 Å². The number of piperidine rings is 1. The zero-order chi connectivity index (χ0) is 26.6. The fourth-order valence-electron chi connectivity index (χ4n) is 4.15. The maximum absolute atomic E-state index is 14.7. The predicted molar refractivity (Wildman–Crippen MR) is 133 cm³/mol. The van der Waals surface area contributed by atoms with Gasteiger partial charge in [-0.05, 0) is 31.7 Å². The standard InChI is InChI=1S/C25H27F4N7O/c1-16(25(27,28)29)24-18-6-3-7-21(34-22-8-12-35(2)14-20(22)26)19(18)13-17(33-24)5-4-9-30-23(37)15-36-31-10-11-32-36/h3-7,10-11,13,20,22,34H,1,8-9,12,14-15H2,2H3,(H,30,37)/b5-4+/t20-,22+/m0/s1. The molecule has 196 valence electrons. The third-order valence-corrected chi connectivity index (χ3v) is 6.07. The first-order chi connectivity index (χ1) is 17.6. The van der Waals surface area contributed by atoms with Gasteiger partial charge in [0.2, 0.25) is 5.91 Å². The number of aromatic nitrogens is 4. The molecule has 0 aliphatic carbocycles. The SMILES string of the molecule is C=C(c1nc(/C=C/CNC(=O)Cn2nccn2)cc2c(N[C@@H]3CCN(C)C[C@@H]3F)cccc12)C(F)(F)F. The van der Waals surface area contributed by atoms with Crippen molar-refractivity contribution in [2.45, 2.75) is 31.4 Å². The minimum atomic E-state index is -4.68. The highest BCUT2D eigenvalue weighted by Gasteiger charge is 2.35. The molecule has 1 amide bonds. The number of rotatable bonds is 8. The van der Waals surface area contributed by atoms with Gasteiger partial charge in [0.1, 0.15) is 12.7 Å². The lowest BCUT2D eigenvalue weighted by Gasteiger charge is -2.33. The average Bonchev–Trinajstić information content (AvgIpc) is 3.35. The molecule has 12 heteroatoms. The number of anilines is 1. The van der Waals surface area contributed by atoms with Crippen LogP contribution in [-0.4, -0.2) is 75.9 Å². The molecule has 1 aromatic carbocycles. The van der Waals surface area contributed by atoms with Crippen LogP contribution in [-0.2, 0) is 11.3 Å². The lowest BCUT2D eigenvalue weighted by atomic mass is 9.99. The molecule has 2 atom stereocenters. The van der Waals surface area contributed by atoms with Crippen LogP contribution in [0.5, 0.6) is 0 Å². The third kappa shape index (κ3) is 6.50. The van der Waals surface area contributed by atoms with Crippen LogP contribution in [0, 0.1) is 0 Å². The van der Waals surface area contributed by atoms with Gasteiger partial charge in [0.25, 0.3) is 0 Å². The Morgan fingerprint density at radius 2 is 2.00 bits per heavy atom. The highest BCUT2D eigenvalue weighted by atomic mass is 19.4. The molecule has 2 aromatic heterocycles. The van der Waals surface area contributed by atoms with E-state index in [2.05, 4.69) is 32.4 Å². The van der Waals surface area contributed by atoms with Crippen molar-refractivity contribution in [1.82, 2.24) is 30.2 Å². The summed E-state index contributed by atoms with van der Waals surface area (Å²) in [5.74, 6) is -0.330. The van der Waals surface area contributed by atoms with Crippen molar-refractivity contribution in [1.29, 1.82) is 0 Å². The van der Waals surface area contributed by atoms with Crippen molar-refractivity contribution in [2.24, 2.45) is 0 Å². The zero-order valence-corrected chi connectivity index (χ0v) is 20.2. The number of alkyl halides is 4. The summed E-state index contributed by atoms with van der Waals surface area (Å²) in [7, 11) is 1.84. The largest absolute Gasteiger partial charge is 0.417 e. The molecule has 1 saturated heterocycles. The lowest BCUT2D eigenvalue weighted by Crippen LogP contribution is -2.46. The first kappa shape index (κ1) is 26.3. The van der Waals surface area contributed by atoms with Gasteiger partial charge in [-0.1, -0.05) is 24.8 Å². The Balaban J connectivity index is 1.60. The second-order valence-corrected chi connectivity index (χ2v) is 8.86. The fraction of sp³-hybridized carbons (Fsp3) is 0.360. The van der Waals surface area contributed by atoms with Gasteiger partial charge in [-0.3, -0.25) is 4.79 Å². The summed E-state index contributed by atoms with van der Waals surface area (Å²) in [5.41, 5.74) is -0.622. The van der Waals surface area contributed by atoms with Crippen molar-refractivity contribution in [3.05, 3.63) is 60.7 Å². The molecule has 0 saturated carbocycles. The maximum Gasteiger partial charge on any atom is 0.417 e. The second kappa shape index (κ2) is 11.1. The number of benzene rings is 1. The molecular weight excluding hydrogens is 490 g/mol. The average molecular weight is 518 g/mol. The van der Waals surface area contributed by atoms with E-state index in [1.54, 1.807) is 30.3 Å². The highest BCUT2D eigenvalue weighted by molar-refractivity contribution is 6.00. The molecule has 1 fully saturated rings. The van der Waals surface area contributed by atoms with Crippen molar-refractivity contribution < 1.29 is 22.4 Å². The van der Waals surface area contributed by atoms with Gasteiger partial charge < -0.3 is 15.5 Å². The second-order valence-electron chi connectivity index (χ2n) is 8.86. The Hall–Kier alpha value is -3.80. The lowest BCUT2D eigenvalue weighted by molar-refractivity contribution is -0.121. The molecular formula is C25H27F4N7O. The number of pyridine rings is 1. The van der Waals surface area contributed by atoms with Crippen molar-refractivity contribution in [2.75, 3.05) is 32.0 Å². The zero-order valence-electron chi connectivity index (χ0n) is 20.2. The number of allylic oxidation sites excluding steroid dienone is 1. The summed E-state index contributed by atoms with van der Waals surface area (Å²) in [4.78, 5) is 19.3. The summed E-state index contributed by atoms with van der Waals surface area (Å²) >= 11 is 0. The molecule has 0 bridgehead atoms. The van der Waals surface area contributed by atoms with Gasteiger partial charge in [-0.2, -0.15) is 28.2 Å². The van der Waals surface area contributed by atoms with Crippen LogP contribution in [0.1, 0.15) is 17.8 Å². The van der Waals surface area contributed by atoms with Crippen LogP contribution < -0.4 is 10.6 Å². The molecule has 37 heavy (non-hydrogen) atoms. The number of halogens is 4. The Labute approximate surface area is 211 Å². The normalized spacial score (nSPS) is 18.8. The monoisotopic (exact) mass is 517 g/mol. The molecule has 8 nitrogen and oxygen atoms in total. The number of fused-ring (bicyclic) bond motifs is 1. The van der Waals surface area contributed by atoms with Gasteiger partial charge in [-0.15, -0.1) is 0 Å². The smallest absolute Gasteiger partial charge is 0.379 e. The first-order valence-electron chi connectivity index (χ1n) is 11.7. The Bertz CT molecular complexity index is 1290. The van der Waals surface area contributed by atoms with Crippen LogP contribution in [0.4, 0.5) is 23.2 Å². The summed E-state index contributed by atoms with van der Waals surface area (Å²) in [5, 5.41) is 14.3. The van der Waals surface area contributed by atoms with Crippen LogP contribution in [0.2, 0.25) is 0 Å². The molecule has 3 heterocycles. The number of likely N-dealkylation sites (tertiary alicyclic amines) is 1. The summed E-state index contributed by atoms with van der Waals surface area (Å²) < 4.78 is 55.5. The fourth-order valence-corrected chi connectivity index (χ4v) is 4.15. The van der Waals surface area contributed by atoms with E-state index in [4.69, 9.17) is 0 Å². The van der Waals surface area contributed by atoms with Gasteiger partial charge >= 0.3 is 6.18 Å². The Morgan fingerprint density at radius 1 is 1.24 bits per heavy atom. The van der Waals surface area contributed by atoms with E-state index in [1.165, 1.54) is 23.3 Å². The molecule has 0 spiro atoms. The summed E-state index contributed by atoms with van der Waals surface area (Å²) in [6, 6.07) is 6.03. The van der Waals surface area contributed by atoms with Crippen LogP contribution in [0.3, 0.4) is 0 Å². The van der Waals surface area contributed by atoms with Gasteiger partial charge in [0, 0.05) is 36.1 Å². The molecule has 2 N–H and O–H groups in total. The number of nitrogens with one attached hydrogen (secondary N) is 2. The third-order valence-electron chi connectivity index (χ3n) is 6.07. The predicted octanol–water partition coefficient (Wildman–Crippen LogP) is 3.69. The number of carbonyl (C=O) groups excluding carboxylic acids is 1. The minimum Gasteiger partial charge on any atom is -0.379 e. The topological polar surface area (TPSA) is 88.0 Å². The molecule has 1 aliphatic rings. The molecule has 3 aromatic rings. The van der Waals surface area contributed by atoms with Crippen molar-refractivity contribution in [3.8, 4) is 0 Å². The van der Waals surface area contributed by atoms with E-state index in [-0.39, 0.29) is 42.3 Å². The number of amides is 1. The molecule has 0 radical (unpaired) electrons. The van der Waals surface area contributed by atoms with Crippen LogP contribution in [0.25, 0.3) is 22.4 Å².